The van der Waals surface area contributed by atoms with Gasteiger partial charge in [0, 0.05) is 26.2 Å². The fourth-order valence-corrected chi connectivity index (χ4v) is 2.98. The molecule has 1 fully saturated rings. The Labute approximate surface area is 164 Å². The van der Waals surface area contributed by atoms with Gasteiger partial charge in [-0.2, -0.15) is 8.78 Å². The van der Waals surface area contributed by atoms with Crippen LogP contribution in [0.2, 0.25) is 0 Å². The lowest BCUT2D eigenvalue weighted by molar-refractivity contribution is -0.126. The Morgan fingerprint density at radius 2 is 2.04 bits per heavy atom. The summed E-state index contributed by atoms with van der Waals surface area (Å²) in [5, 5.41) is 5.98. The van der Waals surface area contributed by atoms with E-state index in [9.17, 15) is 18.4 Å². The van der Waals surface area contributed by atoms with Gasteiger partial charge in [0.1, 0.15) is 5.75 Å². The van der Waals surface area contributed by atoms with E-state index in [4.69, 9.17) is 0 Å². The van der Waals surface area contributed by atoms with Gasteiger partial charge in [-0.3, -0.25) is 9.59 Å². The summed E-state index contributed by atoms with van der Waals surface area (Å²) in [5.41, 5.74) is 0.0843. The van der Waals surface area contributed by atoms with Gasteiger partial charge in [-0.1, -0.05) is 19.1 Å². The minimum atomic E-state index is -3.00. The molecule has 2 N–H and O–H groups in total. The van der Waals surface area contributed by atoms with Crippen molar-refractivity contribution in [3.63, 3.8) is 0 Å². The number of nitrogens with zero attached hydrogens (tertiary/aromatic N) is 1. The van der Waals surface area contributed by atoms with Crippen LogP contribution in [0.3, 0.4) is 0 Å². The zero-order valence-corrected chi connectivity index (χ0v) is 16.1. The van der Waals surface area contributed by atoms with Crippen molar-refractivity contribution in [2.24, 2.45) is 5.92 Å². The van der Waals surface area contributed by atoms with Crippen molar-refractivity contribution in [3.8, 4) is 5.75 Å². The first-order valence-corrected chi connectivity index (χ1v) is 8.84. The van der Waals surface area contributed by atoms with Crippen molar-refractivity contribution >= 4 is 24.2 Å². The average molecular weight is 406 g/mol. The first-order valence-electron chi connectivity index (χ1n) is 8.84. The van der Waals surface area contributed by atoms with Crippen molar-refractivity contribution in [1.29, 1.82) is 0 Å². The number of likely N-dealkylation sites (tertiary alicyclic amines) is 1. The van der Waals surface area contributed by atoms with Crippen molar-refractivity contribution in [1.82, 2.24) is 15.5 Å². The number of ether oxygens (including phenoxy) is 1. The highest BCUT2D eigenvalue weighted by atomic mass is 35.5. The van der Waals surface area contributed by atoms with E-state index in [1.165, 1.54) is 23.1 Å². The predicted molar refractivity (Wildman–Crippen MR) is 101 cm³/mol. The Morgan fingerprint density at radius 3 is 2.74 bits per heavy atom. The normalized spacial score (nSPS) is 16.6. The predicted octanol–water partition coefficient (Wildman–Crippen LogP) is 2.29. The van der Waals surface area contributed by atoms with Crippen molar-refractivity contribution < 1.29 is 23.1 Å². The lowest BCUT2D eigenvalue weighted by atomic mass is 9.96. The fraction of sp³-hybridized carbons (Fsp3) is 0.556. The summed E-state index contributed by atoms with van der Waals surface area (Å²) in [6, 6.07) is 5.93. The number of amides is 2. The topological polar surface area (TPSA) is 70.7 Å². The van der Waals surface area contributed by atoms with E-state index in [0.29, 0.717) is 32.5 Å². The third kappa shape index (κ3) is 6.95. The number of para-hydroxylation sites is 1. The summed E-state index contributed by atoms with van der Waals surface area (Å²) in [6.07, 6.45) is 1.39. The van der Waals surface area contributed by atoms with Crippen LogP contribution in [-0.4, -0.2) is 56.0 Å². The van der Waals surface area contributed by atoms with E-state index in [-0.39, 0.29) is 42.1 Å². The van der Waals surface area contributed by atoms with Gasteiger partial charge >= 0.3 is 6.61 Å². The molecule has 27 heavy (non-hydrogen) atoms. The van der Waals surface area contributed by atoms with E-state index in [2.05, 4.69) is 15.4 Å². The summed E-state index contributed by atoms with van der Waals surface area (Å²) in [5.74, 6) is -0.925. The standard InChI is InChI=1S/C18H25F2N3O3.ClH/c1-2-21-9-10-22-16(24)13-6-5-11-23(12-13)17(25)14-7-3-4-8-15(14)26-18(19)20;/h3-4,7-8,13,18,21H,2,5-6,9-12H2,1H3,(H,22,24);1H. The molecular formula is C18H26ClF2N3O3. The summed E-state index contributed by atoms with van der Waals surface area (Å²) >= 11 is 0. The average Bonchev–Trinajstić information content (AvgIpc) is 2.64. The maximum absolute atomic E-state index is 12.7. The molecule has 9 heteroatoms. The molecule has 0 aliphatic carbocycles. The number of alkyl halides is 2. The van der Waals surface area contributed by atoms with Gasteiger partial charge in [0.15, 0.2) is 0 Å². The van der Waals surface area contributed by atoms with E-state index in [1.807, 2.05) is 6.92 Å². The molecule has 1 heterocycles. The SMILES string of the molecule is CCNCCNC(=O)C1CCCN(C(=O)c2ccccc2OC(F)F)C1.Cl. The minimum Gasteiger partial charge on any atom is -0.434 e. The molecule has 1 aromatic rings. The van der Waals surface area contributed by atoms with Crippen LogP contribution in [0.1, 0.15) is 30.1 Å². The summed E-state index contributed by atoms with van der Waals surface area (Å²) in [7, 11) is 0. The van der Waals surface area contributed by atoms with Gasteiger partial charge in [0.05, 0.1) is 11.5 Å². The van der Waals surface area contributed by atoms with Gasteiger partial charge in [0.2, 0.25) is 5.91 Å². The van der Waals surface area contributed by atoms with Gasteiger partial charge in [-0.15, -0.1) is 12.4 Å². The Kier molecular flexibility index (Phi) is 10.0. The van der Waals surface area contributed by atoms with E-state index < -0.39 is 12.5 Å². The fourth-order valence-electron chi connectivity index (χ4n) is 2.98. The summed E-state index contributed by atoms with van der Waals surface area (Å²) in [4.78, 5) is 26.5. The summed E-state index contributed by atoms with van der Waals surface area (Å²) in [6.45, 7) is 1.81. The lowest BCUT2D eigenvalue weighted by Crippen LogP contribution is -2.46. The van der Waals surface area contributed by atoms with Gasteiger partial charge in [0.25, 0.3) is 5.91 Å². The van der Waals surface area contributed by atoms with Crippen molar-refractivity contribution in [2.45, 2.75) is 26.4 Å². The number of likely N-dealkylation sites (N-methyl/N-ethyl adjacent to an activating group) is 1. The zero-order valence-electron chi connectivity index (χ0n) is 15.2. The Balaban J connectivity index is 0.00000364. The van der Waals surface area contributed by atoms with Crippen LogP contribution in [0.15, 0.2) is 24.3 Å². The third-order valence-corrected chi connectivity index (χ3v) is 4.26. The van der Waals surface area contributed by atoms with Crippen LogP contribution in [0.4, 0.5) is 8.78 Å². The van der Waals surface area contributed by atoms with Crippen LogP contribution < -0.4 is 15.4 Å². The molecule has 0 saturated carbocycles. The maximum Gasteiger partial charge on any atom is 0.387 e. The molecule has 0 radical (unpaired) electrons. The number of benzene rings is 1. The van der Waals surface area contributed by atoms with Gasteiger partial charge < -0.3 is 20.3 Å². The molecule has 2 rings (SSSR count). The molecule has 1 aliphatic heterocycles. The number of carbonyl (C=O) groups is 2. The molecule has 0 aromatic heterocycles. The van der Waals surface area contributed by atoms with Crippen molar-refractivity contribution in [3.05, 3.63) is 29.8 Å². The van der Waals surface area contributed by atoms with Crippen LogP contribution >= 0.6 is 12.4 Å². The molecule has 1 saturated heterocycles. The number of hydrogen-bond donors (Lipinski definition) is 2. The number of halogens is 3. The third-order valence-electron chi connectivity index (χ3n) is 4.26. The minimum absolute atomic E-state index is 0. The molecule has 1 aliphatic rings. The molecule has 0 spiro atoms. The highest BCUT2D eigenvalue weighted by molar-refractivity contribution is 5.97. The Morgan fingerprint density at radius 1 is 1.30 bits per heavy atom. The van der Waals surface area contributed by atoms with Gasteiger partial charge in [-0.05, 0) is 31.5 Å². The number of rotatable bonds is 8. The van der Waals surface area contributed by atoms with E-state index >= 15 is 0 Å². The first kappa shape index (κ1) is 23.1. The highest BCUT2D eigenvalue weighted by Gasteiger charge is 2.30. The zero-order chi connectivity index (χ0) is 18.9. The number of nitrogens with one attached hydrogen (secondary N) is 2. The number of hydrogen-bond acceptors (Lipinski definition) is 4. The molecular weight excluding hydrogens is 380 g/mol. The quantitative estimate of drug-likeness (QED) is 0.651. The largest absolute Gasteiger partial charge is 0.434 e. The second kappa shape index (κ2) is 11.7. The number of carbonyl (C=O) groups excluding carboxylic acids is 2. The molecule has 0 bridgehead atoms. The lowest BCUT2D eigenvalue weighted by Gasteiger charge is -2.32. The molecule has 6 nitrogen and oxygen atoms in total. The van der Waals surface area contributed by atoms with Crippen LogP contribution in [0, 0.1) is 5.92 Å². The van der Waals surface area contributed by atoms with E-state index in [1.54, 1.807) is 6.07 Å². The Bertz CT molecular complexity index is 619. The molecule has 2 amide bonds. The van der Waals surface area contributed by atoms with Crippen molar-refractivity contribution in [2.75, 3.05) is 32.7 Å². The molecule has 152 valence electrons. The smallest absolute Gasteiger partial charge is 0.387 e. The van der Waals surface area contributed by atoms with E-state index in [0.717, 1.165) is 6.54 Å². The van der Waals surface area contributed by atoms with Gasteiger partial charge in [-0.25, -0.2) is 0 Å². The molecule has 1 unspecified atom stereocenters. The second-order valence-corrected chi connectivity index (χ2v) is 6.11. The molecule has 1 aromatic carbocycles. The van der Waals surface area contributed by atoms with Crippen LogP contribution in [0.25, 0.3) is 0 Å². The maximum atomic E-state index is 12.7. The monoisotopic (exact) mass is 405 g/mol. The second-order valence-electron chi connectivity index (χ2n) is 6.11. The highest BCUT2D eigenvalue weighted by Crippen LogP contribution is 2.25. The Hall–Kier alpha value is -1.93. The molecule has 1 atom stereocenters. The van der Waals surface area contributed by atoms with Crippen LogP contribution in [-0.2, 0) is 4.79 Å². The van der Waals surface area contributed by atoms with Crippen LogP contribution in [0.5, 0.6) is 5.75 Å². The number of piperidine rings is 1. The first-order chi connectivity index (χ1) is 12.5. The summed E-state index contributed by atoms with van der Waals surface area (Å²) < 4.78 is 29.5.